The summed E-state index contributed by atoms with van der Waals surface area (Å²) in [6.07, 6.45) is 2.20. The zero-order valence-corrected chi connectivity index (χ0v) is 19.6. The van der Waals surface area contributed by atoms with Crippen molar-refractivity contribution in [2.24, 2.45) is 0 Å². The van der Waals surface area contributed by atoms with Crippen LogP contribution in [0.1, 0.15) is 24.8 Å². The molecule has 2 atom stereocenters. The third kappa shape index (κ3) is 5.34. The zero-order valence-electron chi connectivity index (χ0n) is 17.9. The molecule has 0 aromatic heterocycles. The van der Waals surface area contributed by atoms with Crippen molar-refractivity contribution >= 4 is 39.3 Å². The first-order valence-electron chi connectivity index (χ1n) is 10.9. The molecule has 1 aliphatic heterocycles. The summed E-state index contributed by atoms with van der Waals surface area (Å²) in [6.45, 7) is 0.931. The molecule has 32 heavy (non-hydrogen) atoms. The molecule has 5 nitrogen and oxygen atoms in total. The van der Waals surface area contributed by atoms with Crippen LogP contribution in [0.3, 0.4) is 0 Å². The Bertz CT molecular complexity index is 1180. The summed E-state index contributed by atoms with van der Waals surface area (Å²) in [7, 11) is -3.66. The number of rotatable bonds is 8. The number of nitrogens with zero attached hydrogens (tertiary/aromatic N) is 1. The van der Waals surface area contributed by atoms with E-state index in [4.69, 9.17) is 0 Å². The van der Waals surface area contributed by atoms with Crippen molar-refractivity contribution in [2.45, 2.75) is 41.9 Å². The third-order valence-electron chi connectivity index (χ3n) is 5.95. The lowest BCUT2D eigenvalue weighted by molar-refractivity contribution is -0.121. The van der Waals surface area contributed by atoms with Gasteiger partial charge in [-0.2, -0.15) is 16.9 Å². The molecular formula is C25H28N2O3S2. The van der Waals surface area contributed by atoms with Crippen LogP contribution in [-0.4, -0.2) is 43.0 Å². The normalized spacial score (nSPS) is 19.3. The number of nitrogens with one attached hydrogen (secondary N) is 1. The van der Waals surface area contributed by atoms with E-state index in [1.165, 1.54) is 9.87 Å². The molecule has 1 amide bonds. The van der Waals surface area contributed by atoms with Gasteiger partial charge in [0.2, 0.25) is 15.9 Å². The monoisotopic (exact) mass is 468 g/mol. The lowest BCUT2D eigenvalue weighted by Gasteiger charge is -2.24. The highest BCUT2D eigenvalue weighted by Crippen LogP contribution is 2.32. The summed E-state index contributed by atoms with van der Waals surface area (Å²) in [4.78, 5) is 12.6. The highest BCUT2D eigenvalue weighted by atomic mass is 32.2. The maximum absolute atomic E-state index is 13.4. The van der Waals surface area contributed by atoms with Crippen molar-refractivity contribution in [1.29, 1.82) is 0 Å². The molecule has 1 N–H and O–H groups in total. The SMILES string of the molecule is O=C(CCC1CC(S)CN1S(=O)(=O)c1ccc2ccccc2c1)NCCc1ccccc1. The van der Waals surface area contributed by atoms with E-state index in [1.807, 2.05) is 60.7 Å². The maximum atomic E-state index is 13.4. The first kappa shape index (κ1) is 22.8. The van der Waals surface area contributed by atoms with Gasteiger partial charge >= 0.3 is 0 Å². The Hall–Kier alpha value is -2.35. The van der Waals surface area contributed by atoms with E-state index in [0.29, 0.717) is 32.4 Å². The van der Waals surface area contributed by atoms with Gasteiger partial charge in [0.05, 0.1) is 4.90 Å². The van der Waals surface area contributed by atoms with E-state index < -0.39 is 10.0 Å². The highest BCUT2D eigenvalue weighted by molar-refractivity contribution is 7.89. The average Bonchev–Trinajstić information content (AvgIpc) is 3.19. The van der Waals surface area contributed by atoms with E-state index in [0.717, 1.165) is 17.2 Å². The number of amides is 1. The average molecular weight is 469 g/mol. The van der Waals surface area contributed by atoms with Gasteiger partial charge in [0.1, 0.15) is 0 Å². The van der Waals surface area contributed by atoms with E-state index in [9.17, 15) is 13.2 Å². The third-order valence-corrected chi connectivity index (χ3v) is 8.24. The van der Waals surface area contributed by atoms with Crippen LogP contribution in [0.5, 0.6) is 0 Å². The van der Waals surface area contributed by atoms with E-state index >= 15 is 0 Å². The van der Waals surface area contributed by atoms with Crippen LogP contribution >= 0.6 is 12.6 Å². The fraction of sp³-hybridized carbons (Fsp3) is 0.320. The van der Waals surface area contributed by atoms with Gasteiger partial charge in [-0.05, 0) is 47.7 Å². The molecule has 0 spiro atoms. The summed E-state index contributed by atoms with van der Waals surface area (Å²) < 4.78 is 28.3. The molecule has 1 fully saturated rings. The number of hydrogen-bond donors (Lipinski definition) is 2. The van der Waals surface area contributed by atoms with Crippen LogP contribution in [0.4, 0.5) is 0 Å². The molecule has 2 unspecified atom stereocenters. The quantitative estimate of drug-likeness (QED) is 0.491. The Morgan fingerprint density at radius 3 is 2.50 bits per heavy atom. The molecule has 1 aliphatic rings. The first-order valence-corrected chi connectivity index (χ1v) is 12.9. The van der Waals surface area contributed by atoms with Gasteiger partial charge in [-0.3, -0.25) is 4.79 Å². The lowest BCUT2D eigenvalue weighted by atomic mass is 10.1. The lowest BCUT2D eigenvalue weighted by Crippen LogP contribution is -2.37. The van der Waals surface area contributed by atoms with Crippen molar-refractivity contribution < 1.29 is 13.2 Å². The van der Waals surface area contributed by atoms with E-state index in [-0.39, 0.29) is 22.1 Å². The number of carbonyl (C=O) groups is 1. The number of thiol groups is 1. The van der Waals surface area contributed by atoms with E-state index in [2.05, 4.69) is 17.9 Å². The summed E-state index contributed by atoms with van der Waals surface area (Å²) in [5, 5.41) is 4.81. The molecule has 7 heteroatoms. The fourth-order valence-corrected chi connectivity index (χ4v) is 6.54. The number of sulfonamides is 1. The topological polar surface area (TPSA) is 66.5 Å². The summed E-state index contributed by atoms with van der Waals surface area (Å²) in [5.41, 5.74) is 1.18. The van der Waals surface area contributed by atoms with Crippen molar-refractivity contribution in [1.82, 2.24) is 9.62 Å². The summed E-state index contributed by atoms with van der Waals surface area (Å²) in [5.74, 6) is -0.0494. The van der Waals surface area contributed by atoms with Gasteiger partial charge in [0.15, 0.2) is 0 Å². The first-order chi connectivity index (χ1) is 15.4. The van der Waals surface area contributed by atoms with Gasteiger partial charge in [0.25, 0.3) is 0 Å². The Labute approximate surface area is 195 Å². The Morgan fingerprint density at radius 2 is 1.72 bits per heavy atom. The largest absolute Gasteiger partial charge is 0.356 e. The predicted molar refractivity (Wildman–Crippen MR) is 131 cm³/mol. The number of benzene rings is 3. The van der Waals surface area contributed by atoms with Crippen molar-refractivity contribution in [3.63, 3.8) is 0 Å². The molecular weight excluding hydrogens is 440 g/mol. The second kappa shape index (κ2) is 10.1. The van der Waals surface area contributed by atoms with Crippen molar-refractivity contribution in [3.8, 4) is 0 Å². The summed E-state index contributed by atoms with van der Waals surface area (Å²) in [6, 6.07) is 22.7. The molecule has 0 radical (unpaired) electrons. The highest BCUT2D eigenvalue weighted by Gasteiger charge is 2.39. The van der Waals surface area contributed by atoms with Gasteiger partial charge in [-0.15, -0.1) is 0 Å². The molecule has 3 aromatic carbocycles. The van der Waals surface area contributed by atoms with E-state index in [1.54, 1.807) is 12.1 Å². The van der Waals surface area contributed by atoms with Crippen LogP contribution in [0, 0.1) is 0 Å². The Kier molecular flexibility index (Phi) is 7.18. The Morgan fingerprint density at radius 1 is 1.00 bits per heavy atom. The molecule has 0 aliphatic carbocycles. The minimum absolute atomic E-state index is 0.0311. The molecule has 0 saturated carbocycles. The minimum atomic E-state index is -3.66. The number of fused-ring (bicyclic) bond motifs is 1. The molecule has 0 bridgehead atoms. The summed E-state index contributed by atoms with van der Waals surface area (Å²) >= 11 is 4.55. The molecule has 4 rings (SSSR count). The molecule has 3 aromatic rings. The van der Waals surface area contributed by atoms with Gasteiger partial charge < -0.3 is 5.32 Å². The second-order valence-electron chi connectivity index (χ2n) is 8.25. The van der Waals surface area contributed by atoms with Crippen molar-refractivity contribution in [3.05, 3.63) is 78.4 Å². The van der Waals surface area contributed by atoms with Crippen LogP contribution in [0.25, 0.3) is 10.8 Å². The standard InChI is InChI=1S/C25H28N2O3S2/c28-25(26-15-14-19-6-2-1-3-7-19)13-11-22-17-23(31)18-27(22)32(29,30)24-12-10-20-8-4-5-9-21(20)16-24/h1-10,12,16,22-23,31H,11,13-15,17-18H2,(H,26,28). The maximum Gasteiger partial charge on any atom is 0.243 e. The fourth-order valence-electron chi connectivity index (χ4n) is 4.26. The Balaban J connectivity index is 1.38. The van der Waals surface area contributed by atoms with Gasteiger partial charge in [0, 0.05) is 30.8 Å². The van der Waals surface area contributed by atoms with Crippen LogP contribution in [0.15, 0.2) is 77.7 Å². The van der Waals surface area contributed by atoms with Gasteiger partial charge in [-0.25, -0.2) is 8.42 Å². The zero-order chi connectivity index (χ0) is 22.6. The van der Waals surface area contributed by atoms with Crippen LogP contribution in [0.2, 0.25) is 0 Å². The van der Waals surface area contributed by atoms with Crippen LogP contribution < -0.4 is 5.32 Å². The number of carbonyl (C=O) groups excluding carboxylic acids is 1. The second-order valence-corrected chi connectivity index (χ2v) is 10.9. The van der Waals surface area contributed by atoms with Gasteiger partial charge in [-0.1, -0.05) is 60.7 Å². The minimum Gasteiger partial charge on any atom is -0.356 e. The predicted octanol–water partition coefficient (Wildman–Crippen LogP) is 4.04. The van der Waals surface area contributed by atoms with Crippen LogP contribution in [-0.2, 0) is 21.2 Å². The molecule has 168 valence electrons. The number of hydrogen-bond acceptors (Lipinski definition) is 4. The molecule has 1 saturated heterocycles. The molecule has 1 heterocycles. The van der Waals surface area contributed by atoms with Crippen molar-refractivity contribution in [2.75, 3.05) is 13.1 Å². The smallest absolute Gasteiger partial charge is 0.243 e.